The van der Waals surface area contributed by atoms with E-state index in [1.54, 1.807) is 0 Å². The van der Waals surface area contributed by atoms with E-state index in [4.69, 9.17) is 5.73 Å². The molecule has 1 aliphatic carbocycles. The van der Waals surface area contributed by atoms with Gasteiger partial charge in [0.2, 0.25) is 0 Å². The molecule has 0 saturated heterocycles. The van der Waals surface area contributed by atoms with E-state index >= 15 is 0 Å². The zero-order valence-electron chi connectivity index (χ0n) is 10.1. The van der Waals surface area contributed by atoms with Crippen LogP contribution >= 0.6 is 0 Å². The summed E-state index contributed by atoms with van der Waals surface area (Å²) in [6, 6.07) is 3.65. The quantitative estimate of drug-likeness (QED) is 0.838. The van der Waals surface area contributed by atoms with Crippen molar-refractivity contribution in [2.24, 2.45) is 0 Å². The lowest BCUT2D eigenvalue weighted by atomic mass is 10.2. The van der Waals surface area contributed by atoms with Gasteiger partial charge in [0.25, 0.3) is 0 Å². The van der Waals surface area contributed by atoms with E-state index in [0.717, 1.165) is 12.3 Å². The highest BCUT2D eigenvalue weighted by atomic mass is 32.2. The van der Waals surface area contributed by atoms with Crippen molar-refractivity contribution in [1.82, 2.24) is 0 Å². The number of sulfone groups is 1. The number of nitrogens with two attached hydrogens (primary N) is 1. The van der Waals surface area contributed by atoms with E-state index in [1.165, 1.54) is 12.1 Å². The molecule has 8 heteroatoms. The van der Waals surface area contributed by atoms with Crippen LogP contribution in [0.25, 0.3) is 0 Å². The van der Waals surface area contributed by atoms with Crippen LogP contribution in [0.2, 0.25) is 0 Å². The van der Waals surface area contributed by atoms with Crippen molar-refractivity contribution in [3.63, 3.8) is 0 Å². The second kappa shape index (κ2) is 4.03. The summed E-state index contributed by atoms with van der Waals surface area (Å²) in [5.74, 6) is 0. The summed E-state index contributed by atoms with van der Waals surface area (Å²) in [6.07, 6.45) is -3.37. The van der Waals surface area contributed by atoms with Crippen molar-refractivity contribution in [2.75, 3.05) is 17.3 Å². The molecule has 1 aromatic carbocycles. The van der Waals surface area contributed by atoms with Gasteiger partial charge in [-0.25, -0.2) is 8.42 Å². The highest BCUT2D eigenvalue weighted by Crippen LogP contribution is 2.51. The number of halogens is 3. The molecule has 0 unspecified atom stereocenters. The standard InChI is InChI=1S/C11H13F3N2O2S/c1-19(17,18)7-2-3-9(8(15)6-7)16-10(4-5-10)11(12,13)14/h2-3,6,16H,4-5,15H2,1H3. The minimum Gasteiger partial charge on any atom is -0.397 e. The van der Waals surface area contributed by atoms with Crippen LogP contribution in [0.15, 0.2) is 23.1 Å². The van der Waals surface area contributed by atoms with E-state index in [-0.39, 0.29) is 29.1 Å². The number of hydrogen-bond donors (Lipinski definition) is 2. The Kier molecular flexibility index (Phi) is 2.96. The Morgan fingerprint density at radius 2 is 1.89 bits per heavy atom. The summed E-state index contributed by atoms with van der Waals surface area (Å²) >= 11 is 0. The molecule has 1 aliphatic rings. The van der Waals surface area contributed by atoms with Crippen LogP contribution in [-0.2, 0) is 9.84 Å². The number of benzene rings is 1. The van der Waals surface area contributed by atoms with Crippen molar-refractivity contribution in [2.45, 2.75) is 29.5 Å². The summed E-state index contributed by atoms with van der Waals surface area (Å²) in [6.45, 7) is 0. The largest absolute Gasteiger partial charge is 0.411 e. The van der Waals surface area contributed by atoms with Crippen LogP contribution < -0.4 is 11.1 Å². The maximum Gasteiger partial charge on any atom is 0.411 e. The lowest BCUT2D eigenvalue weighted by molar-refractivity contribution is -0.151. The van der Waals surface area contributed by atoms with E-state index < -0.39 is 21.6 Å². The minimum absolute atomic E-state index is 0.0102. The average molecular weight is 294 g/mol. The Bertz CT molecular complexity index is 607. The first-order valence-electron chi connectivity index (χ1n) is 5.50. The predicted octanol–water partition coefficient (Wildman–Crippen LogP) is 2.18. The van der Waals surface area contributed by atoms with Gasteiger partial charge in [-0.15, -0.1) is 0 Å². The Morgan fingerprint density at radius 1 is 1.32 bits per heavy atom. The topological polar surface area (TPSA) is 72.2 Å². The highest BCUT2D eigenvalue weighted by molar-refractivity contribution is 7.90. The van der Waals surface area contributed by atoms with Crippen LogP contribution in [0.1, 0.15) is 12.8 Å². The van der Waals surface area contributed by atoms with Crippen molar-refractivity contribution in [3.8, 4) is 0 Å². The maximum atomic E-state index is 12.8. The van der Waals surface area contributed by atoms with Crippen LogP contribution in [0.4, 0.5) is 24.5 Å². The third-order valence-corrected chi connectivity index (χ3v) is 4.23. The Labute approximate surface area is 108 Å². The van der Waals surface area contributed by atoms with Gasteiger partial charge in [-0.3, -0.25) is 0 Å². The molecule has 1 aromatic rings. The fourth-order valence-electron chi connectivity index (χ4n) is 1.75. The molecule has 0 bridgehead atoms. The summed E-state index contributed by atoms with van der Waals surface area (Å²) in [7, 11) is -3.43. The van der Waals surface area contributed by atoms with Crippen molar-refractivity contribution < 1.29 is 21.6 Å². The molecule has 0 aliphatic heterocycles. The minimum atomic E-state index is -4.35. The van der Waals surface area contributed by atoms with Crippen molar-refractivity contribution in [1.29, 1.82) is 0 Å². The Hall–Kier alpha value is -1.44. The fourth-order valence-corrected chi connectivity index (χ4v) is 2.40. The second-order valence-corrected chi connectivity index (χ2v) is 6.74. The first-order valence-corrected chi connectivity index (χ1v) is 7.39. The number of alkyl halides is 3. The van der Waals surface area contributed by atoms with Crippen LogP contribution in [0, 0.1) is 0 Å². The third-order valence-electron chi connectivity index (χ3n) is 3.12. The van der Waals surface area contributed by atoms with E-state index in [0.29, 0.717) is 0 Å². The first kappa shape index (κ1) is 14.0. The average Bonchev–Trinajstić information content (AvgIpc) is 2.99. The van der Waals surface area contributed by atoms with Crippen molar-refractivity contribution >= 4 is 21.2 Å². The van der Waals surface area contributed by atoms with Gasteiger partial charge in [0.1, 0.15) is 5.54 Å². The molecular formula is C11H13F3N2O2S. The van der Waals surface area contributed by atoms with E-state index in [9.17, 15) is 21.6 Å². The number of hydrogen-bond acceptors (Lipinski definition) is 4. The lowest BCUT2D eigenvalue weighted by Crippen LogP contribution is -2.38. The number of rotatable bonds is 3. The zero-order valence-corrected chi connectivity index (χ0v) is 10.9. The summed E-state index contributed by atoms with van der Waals surface area (Å²) in [4.78, 5) is -0.0209. The smallest absolute Gasteiger partial charge is 0.397 e. The van der Waals surface area contributed by atoms with Gasteiger partial charge in [-0.05, 0) is 31.0 Å². The number of nitrogens with one attached hydrogen (secondary N) is 1. The monoisotopic (exact) mass is 294 g/mol. The van der Waals surface area contributed by atoms with Crippen molar-refractivity contribution in [3.05, 3.63) is 18.2 Å². The molecule has 0 amide bonds. The number of anilines is 2. The summed E-state index contributed by atoms with van der Waals surface area (Å²) in [5.41, 5.74) is 3.76. The maximum absolute atomic E-state index is 12.8. The SMILES string of the molecule is CS(=O)(=O)c1ccc(NC2(C(F)(F)F)CC2)c(N)c1. The molecule has 0 spiro atoms. The summed E-state index contributed by atoms with van der Waals surface area (Å²) < 4.78 is 60.9. The van der Waals surface area contributed by atoms with Gasteiger partial charge in [0, 0.05) is 6.26 Å². The molecule has 106 valence electrons. The van der Waals surface area contributed by atoms with Gasteiger partial charge in [0.05, 0.1) is 16.3 Å². The van der Waals surface area contributed by atoms with Crippen LogP contribution in [0.3, 0.4) is 0 Å². The second-order valence-electron chi connectivity index (χ2n) is 4.73. The van der Waals surface area contributed by atoms with E-state index in [2.05, 4.69) is 5.32 Å². The van der Waals surface area contributed by atoms with E-state index in [1.807, 2.05) is 0 Å². The van der Waals surface area contributed by atoms with Crippen LogP contribution in [0.5, 0.6) is 0 Å². The van der Waals surface area contributed by atoms with Gasteiger partial charge in [-0.1, -0.05) is 0 Å². The third kappa shape index (κ3) is 2.63. The molecule has 4 nitrogen and oxygen atoms in total. The molecule has 0 heterocycles. The molecule has 19 heavy (non-hydrogen) atoms. The molecule has 0 aromatic heterocycles. The molecular weight excluding hydrogens is 281 g/mol. The molecule has 3 N–H and O–H groups in total. The lowest BCUT2D eigenvalue weighted by Gasteiger charge is -2.23. The molecule has 1 saturated carbocycles. The summed E-state index contributed by atoms with van der Waals surface area (Å²) in [5, 5.41) is 2.37. The molecule has 1 fully saturated rings. The highest BCUT2D eigenvalue weighted by Gasteiger charge is 2.63. The van der Waals surface area contributed by atoms with Gasteiger partial charge in [-0.2, -0.15) is 13.2 Å². The zero-order chi connectivity index (χ0) is 14.5. The molecule has 0 atom stereocenters. The number of nitrogen functional groups attached to an aromatic ring is 1. The van der Waals surface area contributed by atoms with Gasteiger partial charge < -0.3 is 11.1 Å². The Morgan fingerprint density at radius 3 is 2.26 bits per heavy atom. The van der Waals surface area contributed by atoms with Crippen LogP contribution in [-0.4, -0.2) is 26.4 Å². The van der Waals surface area contributed by atoms with Gasteiger partial charge >= 0.3 is 6.18 Å². The first-order chi connectivity index (χ1) is 8.55. The predicted molar refractivity (Wildman–Crippen MR) is 65.6 cm³/mol. The Balaban J connectivity index is 2.29. The molecule has 0 radical (unpaired) electrons. The van der Waals surface area contributed by atoms with Gasteiger partial charge in [0.15, 0.2) is 9.84 Å². The molecule has 2 rings (SSSR count). The normalized spacial score (nSPS) is 18.1. The fraction of sp³-hybridized carbons (Fsp3) is 0.455.